The molecule has 0 aliphatic heterocycles. The predicted octanol–water partition coefficient (Wildman–Crippen LogP) is 4.45. The summed E-state index contributed by atoms with van der Waals surface area (Å²) in [4.78, 5) is 2.81. The summed E-state index contributed by atoms with van der Waals surface area (Å²) in [6.07, 6.45) is 5.06. The van der Waals surface area contributed by atoms with Crippen LogP contribution in [0.3, 0.4) is 0 Å². The van der Waals surface area contributed by atoms with Crippen LogP contribution in [-0.4, -0.2) is 7.11 Å². The van der Waals surface area contributed by atoms with Crippen LogP contribution < -0.4 is 10.5 Å². The Hall–Kier alpha value is -0.840. The lowest BCUT2D eigenvalue weighted by Gasteiger charge is -2.12. The zero-order valence-electron chi connectivity index (χ0n) is 11.5. The maximum atomic E-state index is 6.44. The van der Waals surface area contributed by atoms with Crippen LogP contribution in [0.15, 0.2) is 28.7 Å². The molecule has 4 heteroatoms. The molecule has 2 nitrogen and oxygen atoms in total. The topological polar surface area (TPSA) is 35.2 Å². The zero-order valence-corrected chi connectivity index (χ0v) is 13.9. The fraction of sp³-hybridized carbons (Fsp3) is 0.375. The fourth-order valence-electron chi connectivity index (χ4n) is 2.71. The average molecular weight is 352 g/mol. The molecule has 106 valence electrons. The van der Waals surface area contributed by atoms with Gasteiger partial charge in [0.25, 0.3) is 0 Å². The van der Waals surface area contributed by atoms with Gasteiger partial charge in [-0.3, -0.25) is 0 Å². The molecule has 0 fully saturated rings. The number of thiophene rings is 1. The Morgan fingerprint density at radius 3 is 2.75 bits per heavy atom. The van der Waals surface area contributed by atoms with E-state index in [9.17, 15) is 0 Å². The van der Waals surface area contributed by atoms with Crippen LogP contribution in [-0.2, 0) is 12.8 Å². The minimum Gasteiger partial charge on any atom is -0.496 e. The van der Waals surface area contributed by atoms with Gasteiger partial charge in [0.1, 0.15) is 5.75 Å². The Kier molecular flexibility index (Phi) is 4.15. The van der Waals surface area contributed by atoms with Gasteiger partial charge in [-0.05, 0) is 70.9 Å². The molecule has 0 amide bonds. The van der Waals surface area contributed by atoms with E-state index in [1.807, 2.05) is 23.5 Å². The van der Waals surface area contributed by atoms with E-state index >= 15 is 0 Å². The maximum Gasteiger partial charge on any atom is 0.133 e. The lowest BCUT2D eigenvalue weighted by atomic mass is 9.98. The zero-order chi connectivity index (χ0) is 14.1. The molecule has 0 radical (unpaired) electrons. The molecule has 3 rings (SSSR count). The number of nitrogens with two attached hydrogens (primary N) is 1. The summed E-state index contributed by atoms with van der Waals surface area (Å²) < 4.78 is 6.22. The van der Waals surface area contributed by atoms with Crippen LogP contribution in [0.2, 0.25) is 0 Å². The summed E-state index contributed by atoms with van der Waals surface area (Å²) in [5, 5.41) is 0. The minimum atomic E-state index is -0.0483. The van der Waals surface area contributed by atoms with E-state index in [0.29, 0.717) is 0 Å². The van der Waals surface area contributed by atoms with Gasteiger partial charge in [0.15, 0.2) is 0 Å². The highest BCUT2D eigenvalue weighted by Crippen LogP contribution is 2.36. The van der Waals surface area contributed by atoms with E-state index in [-0.39, 0.29) is 6.04 Å². The van der Waals surface area contributed by atoms with Crippen molar-refractivity contribution in [1.82, 2.24) is 0 Å². The average Bonchev–Trinajstić information content (AvgIpc) is 2.90. The molecule has 1 aromatic carbocycles. The third-order valence-corrected chi connectivity index (χ3v) is 5.80. The van der Waals surface area contributed by atoms with Crippen LogP contribution >= 0.6 is 27.3 Å². The molecule has 0 saturated carbocycles. The highest BCUT2D eigenvalue weighted by molar-refractivity contribution is 9.10. The first-order valence-corrected chi connectivity index (χ1v) is 8.50. The molecule has 1 aliphatic carbocycles. The number of benzene rings is 1. The first kappa shape index (κ1) is 14.1. The van der Waals surface area contributed by atoms with Gasteiger partial charge in [-0.25, -0.2) is 0 Å². The van der Waals surface area contributed by atoms with Gasteiger partial charge in [0, 0.05) is 9.75 Å². The summed E-state index contributed by atoms with van der Waals surface area (Å²) >= 11 is 5.41. The highest BCUT2D eigenvalue weighted by atomic mass is 79.9. The fourth-order valence-corrected chi connectivity index (χ4v) is 4.55. The Morgan fingerprint density at radius 1 is 1.25 bits per heavy atom. The van der Waals surface area contributed by atoms with E-state index in [1.165, 1.54) is 41.0 Å². The SMILES string of the molecule is COc1ccc(C(N)c2cc3c(s2)CCCC3)cc1Br. The molecule has 1 heterocycles. The van der Waals surface area contributed by atoms with Crippen molar-refractivity contribution in [3.63, 3.8) is 0 Å². The van der Waals surface area contributed by atoms with Gasteiger partial charge in [-0.1, -0.05) is 6.07 Å². The van der Waals surface area contributed by atoms with Gasteiger partial charge in [-0.2, -0.15) is 0 Å². The molecule has 20 heavy (non-hydrogen) atoms. The van der Waals surface area contributed by atoms with Crippen molar-refractivity contribution in [2.24, 2.45) is 5.73 Å². The molecular formula is C16H18BrNOS. The van der Waals surface area contributed by atoms with Crippen LogP contribution in [0.1, 0.15) is 39.8 Å². The standard InChI is InChI=1S/C16H18BrNOS/c1-19-13-7-6-11(8-12(13)17)16(18)15-9-10-4-2-3-5-14(10)20-15/h6-9,16H,2-5,18H2,1H3. The minimum absolute atomic E-state index is 0.0483. The van der Waals surface area contributed by atoms with Crippen molar-refractivity contribution in [2.75, 3.05) is 7.11 Å². The van der Waals surface area contributed by atoms with Crippen LogP contribution in [0.5, 0.6) is 5.75 Å². The van der Waals surface area contributed by atoms with Crippen molar-refractivity contribution in [2.45, 2.75) is 31.7 Å². The number of hydrogen-bond acceptors (Lipinski definition) is 3. The quantitative estimate of drug-likeness (QED) is 0.886. The number of ether oxygens (including phenoxy) is 1. The molecule has 0 saturated heterocycles. The first-order chi connectivity index (χ1) is 9.69. The van der Waals surface area contributed by atoms with Crippen molar-refractivity contribution in [1.29, 1.82) is 0 Å². The molecule has 2 N–H and O–H groups in total. The molecule has 0 spiro atoms. The van der Waals surface area contributed by atoms with Crippen LogP contribution in [0.25, 0.3) is 0 Å². The molecule has 1 atom stereocenters. The third kappa shape index (κ3) is 2.65. The second-order valence-corrected chi connectivity index (χ2v) is 7.20. The van der Waals surface area contributed by atoms with Crippen molar-refractivity contribution in [3.05, 3.63) is 49.6 Å². The maximum absolute atomic E-state index is 6.44. The number of aryl methyl sites for hydroxylation is 2. The van der Waals surface area contributed by atoms with Crippen LogP contribution in [0.4, 0.5) is 0 Å². The van der Waals surface area contributed by atoms with E-state index in [4.69, 9.17) is 10.5 Å². The number of halogens is 1. The second-order valence-electron chi connectivity index (χ2n) is 5.18. The molecular weight excluding hydrogens is 334 g/mol. The first-order valence-electron chi connectivity index (χ1n) is 6.89. The van der Waals surface area contributed by atoms with Gasteiger partial charge in [0.2, 0.25) is 0 Å². The second kappa shape index (κ2) is 5.88. The molecule has 1 aromatic heterocycles. The number of rotatable bonds is 3. The summed E-state index contributed by atoms with van der Waals surface area (Å²) in [6, 6.07) is 8.33. The Balaban J connectivity index is 1.90. The molecule has 2 aromatic rings. The lowest BCUT2D eigenvalue weighted by Crippen LogP contribution is -2.10. The van der Waals surface area contributed by atoms with Crippen molar-refractivity contribution in [3.8, 4) is 5.75 Å². The summed E-state index contributed by atoms with van der Waals surface area (Å²) in [7, 11) is 1.67. The normalized spacial score (nSPS) is 15.8. The predicted molar refractivity (Wildman–Crippen MR) is 87.7 cm³/mol. The summed E-state index contributed by atoms with van der Waals surface area (Å²) in [5.41, 5.74) is 9.07. The monoisotopic (exact) mass is 351 g/mol. The van der Waals surface area contributed by atoms with Gasteiger partial charge in [-0.15, -0.1) is 11.3 Å². The summed E-state index contributed by atoms with van der Waals surface area (Å²) in [5.74, 6) is 0.839. The number of fused-ring (bicyclic) bond motifs is 1. The molecule has 1 aliphatic rings. The number of hydrogen-bond donors (Lipinski definition) is 1. The van der Waals surface area contributed by atoms with Crippen molar-refractivity contribution < 1.29 is 4.74 Å². The van der Waals surface area contributed by atoms with E-state index in [1.54, 1.807) is 7.11 Å². The van der Waals surface area contributed by atoms with Gasteiger partial charge < -0.3 is 10.5 Å². The van der Waals surface area contributed by atoms with E-state index in [0.717, 1.165) is 15.8 Å². The highest BCUT2D eigenvalue weighted by Gasteiger charge is 2.18. The van der Waals surface area contributed by atoms with Gasteiger partial charge >= 0.3 is 0 Å². The van der Waals surface area contributed by atoms with E-state index < -0.39 is 0 Å². The lowest BCUT2D eigenvalue weighted by molar-refractivity contribution is 0.412. The third-order valence-electron chi connectivity index (χ3n) is 3.86. The Morgan fingerprint density at radius 2 is 2.05 bits per heavy atom. The smallest absolute Gasteiger partial charge is 0.133 e. The Bertz CT molecular complexity index is 599. The van der Waals surface area contributed by atoms with E-state index in [2.05, 4.69) is 28.1 Å². The van der Waals surface area contributed by atoms with Crippen LogP contribution in [0, 0.1) is 0 Å². The molecule has 0 bridgehead atoms. The number of methoxy groups -OCH3 is 1. The van der Waals surface area contributed by atoms with Crippen molar-refractivity contribution >= 4 is 27.3 Å². The summed E-state index contributed by atoms with van der Waals surface area (Å²) in [6.45, 7) is 0. The Labute approximate surface area is 132 Å². The molecule has 1 unspecified atom stereocenters. The largest absolute Gasteiger partial charge is 0.496 e. The van der Waals surface area contributed by atoms with Gasteiger partial charge in [0.05, 0.1) is 17.6 Å².